The summed E-state index contributed by atoms with van der Waals surface area (Å²) >= 11 is 0. The van der Waals surface area contributed by atoms with E-state index in [1.165, 1.54) is 5.69 Å². The number of anilines is 2. The van der Waals surface area contributed by atoms with Crippen LogP contribution in [0.4, 0.5) is 16.2 Å². The number of nitrogens with one attached hydrogen (secondary N) is 2. The second kappa shape index (κ2) is 6.35. The van der Waals surface area contributed by atoms with Crippen molar-refractivity contribution in [3.8, 4) is 0 Å². The highest BCUT2D eigenvalue weighted by atomic mass is 16.6. The monoisotopic (exact) mass is 291 g/mol. The quantitative estimate of drug-likeness (QED) is 0.880. The lowest BCUT2D eigenvalue weighted by atomic mass is 10.1. The van der Waals surface area contributed by atoms with Crippen molar-refractivity contribution in [2.75, 3.05) is 36.4 Å². The van der Waals surface area contributed by atoms with Crippen LogP contribution in [0.5, 0.6) is 0 Å². The summed E-state index contributed by atoms with van der Waals surface area (Å²) in [4.78, 5) is 14.2. The summed E-state index contributed by atoms with van der Waals surface area (Å²) in [7, 11) is 0. The van der Waals surface area contributed by atoms with Gasteiger partial charge < -0.3 is 15.0 Å². The normalized spacial score (nSPS) is 15.7. The van der Waals surface area contributed by atoms with E-state index >= 15 is 0 Å². The van der Waals surface area contributed by atoms with E-state index in [4.69, 9.17) is 4.74 Å². The first-order chi connectivity index (χ1) is 9.85. The fraction of sp³-hybridized carbons (Fsp3) is 0.562. The Balaban J connectivity index is 2.03. The van der Waals surface area contributed by atoms with Crippen LogP contribution in [0, 0.1) is 6.92 Å². The van der Waals surface area contributed by atoms with Crippen LogP contribution in [0.25, 0.3) is 0 Å². The minimum Gasteiger partial charge on any atom is -0.444 e. The van der Waals surface area contributed by atoms with Gasteiger partial charge in [0, 0.05) is 37.6 Å². The number of benzene rings is 1. The summed E-state index contributed by atoms with van der Waals surface area (Å²) in [5, 5.41) is 6.15. The lowest BCUT2D eigenvalue weighted by Gasteiger charge is -2.30. The molecule has 2 N–H and O–H groups in total. The number of carbonyl (C=O) groups excluding carboxylic acids is 1. The van der Waals surface area contributed by atoms with Gasteiger partial charge in [-0.3, -0.25) is 5.32 Å². The second-order valence-electron chi connectivity index (χ2n) is 6.36. The maximum atomic E-state index is 11.8. The highest BCUT2D eigenvalue weighted by molar-refractivity contribution is 5.86. The number of piperazine rings is 1. The molecule has 0 bridgehead atoms. The van der Waals surface area contributed by atoms with Crippen molar-refractivity contribution in [1.82, 2.24) is 5.32 Å². The molecule has 21 heavy (non-hydrogen) atoms. The van der Waals surface area contributed by atoms with Crippen LogP contribution < -0.4 is 15.5 Å². The lowest BCUT2D eigenvalue weighted by Crippen LogP contribution is -2.43. The highest BCUT2D eigenvalue weighted by Gasteiger charge is 2.17. The van der Waals surface area contributed by atoms with Crippen molar-refractivity contribution in [1.29, 1.82) is 0 Å². The predicted octanol–water partition coefficient (Wildman–Crippen LogP) is 2.75. The van der Waals surface area contributed by atoms with Crippen molar-refractivity contribution in [2.45, 2.75) is 33.3 Å². The molecule has 1 heterocycles. The maximum Gasteiger partial charge on any atom is 0.412 e. The Labute approximate surface area is 126 Å². The van der Waals surface area contributed by atoms with Crippen molar-refractivity contribution in [3.63, 3.8) is 0 Å². The third kappa shape index (κ3) is 4.63. The van der Waals surface area contributed by atoms with E-state index in [1.54, 1.807) is 0 Å². The summed E-state index contributed by atoms with van der Waals surface area (Å²) < 4.78 is 5.27. The Kier molecular flexibility index (Phi) is 4.73. The van der Waals surface area contributed by atoms with Gasteiger partial charge in [0.25, 0.3) is 0 Å². The molecule has 0 aliphatic carbocycles. The molecule has 1 aromatic carbocycles. The molecule has 1 fully saturated rings. The molecule has 1 amide bonds. The number of carbonyl (C=O) groups is 1. The summed E-state index contributed by atoms with van der Waals surface area (Å²) in [5.74, 6) is 0. The second-order valence-corrected chi connectivity index (χ2v) is 6.36. The maximum absolute atomic E-state index is 11.8. The number of hydrogen-bond acceptors (Lipinski definition) is 4. The van der Waals surface area contributed by atoms with Crippen LogP contribution in [-0.4, -0.2) is 37.9 Å². The van der Waals surface area contributed by atoms with Gasteiger partial charge in [0.1, 0.15) is 5.60 Å². The Hall–Kier alpha value is -1.75. The molecule has 0 spiro atoms. The number of hydrogen-bond donors (Lipinski definition) is 2. The highest BCUT2D eigenvalue weighted by Crippen LogP contribution is 2.23. The average molecular weight is 291 g/mol. The number of ether oxygens (including phenoxy) is 1. The Bertz CT molecular complexity index is 503. The summed E-state index contributed by atoms with van der Waals surface area (Å²) in [6.07, 6.45) is -0.416. The van der Waals surface area contributed by atoms with Crippen LogP contribution >= 0.6 is 0 Å². The SMILES string of the molecule is Cc1cc(N2CCNCC2)ccc1NC(=O)OC(C)(C)C. The molecule has 0 radical (unpaired) electrons. The van der Waals surface area contributed by atoms with Crippen molar-refractivity contribution in [3.05, 3.63) is 23.8 Å². The molecule has 1 aromatic rings. The van der Waals surface area contributed by atoms with Crippen LogP contribution in [0.1, 0.15) is 26.3 Å². The van der Waals surface area contributed by atoms with Crippen LogP contribution in [-0.2, 0) is 4.74 Å². The molecule has 5 nitrogen and oxygen atoms in total. The zero-order chi connectivity index (χ0) is 15.5. The third-order valence-corrected chi connectivity index (χ3v) is 3.33. The fourth-order valence-corrected chi connectivity index (χ4v) is 2.32. The molecule has 0 unspecified atom stereocenters. The molecule has 1 aliphatic heterocycles. The lowest BCUT2D eigenvalue weighted by molar-refractivity contribution is 0.0636. The first-order valence-corrected chi connectivity index (χ1v) is 7.41. The van der Waals surface area contributed by atoms with Gasteiger partial charge in [-0.05, 0) is 51.5 Å². The van der Waals surface area contributed by atoms with E-state index in [-0.39, 0.29) is 0 Å². The summed E-state index contributed by atoms with van der Waals surface area (Å²) in [6, 6.07) is 6.10. The number of rotatable bonds is 2. The smallest absolute Gasteiger partial charge is 0.412 e. The van der Waals surface area contributed by atoms with Crippen molar-refractivity contribution < 1.29 is 9.53 Å². The van der Waals surface area contributed by atoms with E-state index in [1.807, 2.05) is 39.8 Å². The molecule has 1 saturated heterocycles. The van der Waals surface area contributed by atoms with Gasteiger partial charge in [-0.25, -0.2) is 4.79 Å². The van der Waals surface area contributed by atoms with Gasteiger partial charge in [0.15, 0.2) is 0 Å². The number of nitrogens with zero attached hydrogens (tertiary/aromatic N) is 1. The topological polar surface area (TPSA) is 53.6 Å². The molecule has 0 aromatic heterocycles. The number of aryl methyl sites for hydroxylation is 1. The molecule has 116 valence electrons. The fourth-order valence-electron chi connectivity index (χ4n) is 2.32. The molecule has 1 aliphatic rings. The van der Waals surface area contributed by atoms with Gasteiger partial charge in [0.05, 0.1) is 0 Å². The average Bonchev–Trinajstić information content (AvgIpc) is 2.40. The zero-order valence-electron chi connectivity index (χ0n) is 13.3. The summed E-state index contributed by atoms with van der Waals surface area (Å²) in [5.41, 5.74) is 2.54. The molecular weight excluding hydrogens is 266 g/mol. The molecule has 0 atom stereocenters. The minimum atomic E-state index is -0.487. The van der Waals surface area contributed by atoms with Gasteiger partial charge >= 0.3 is 6.09 Å². The predicted molar refractivity (Wildman–Crippen MR) is 86.1 cm³/mol. The van der Waals surface area contributed by atoms with E-state index in [9.17, 15) is 4.79 Å². The van der Waals surface area contributed by atoms with Gasteiger partial charge in [0.2, 0.25) is 0 Å². The van der Waals surface area contributed by atoms with Crippen molar-refractivity contribution >= 4 is 17.5 Å². The minimum absolute atomic E-state index is 0.416. The van der Waals surface area contributed by atoms with E-state index in [2.05, 4.69) is 21.6 Å². The van der Waals surface area contributed by atoms with Gasteiger partial charge in [-0.2, -0.15) is 0 Å². The van der Waals surface area contributed by atoms with Gasteiger partial charge in [-0.1, -0.05) is 0 Å². The van der Waals surface area contributed by atoms with Crippen LogP contribution in [0.15, 0.2) is 18.2 Å². The molecule has 2 rings (SSSR count). The van der Waals surface area contributed by atoms with E-state index in [0.717, 1.165) is 37.4 Å². The molecule has 5 heteroatoms. The first kappa shape index (κ1) is 15.6. The summed E-state index contributed by atoms with van der Waals surface area (Å²) in [6.45, 7) is 11.6. The Morgan fingerprint density at radius 2 is 1.95 bits per heavy atom. The zero-order valence-corrected chi connectivity index (χ0v) is 13.3. The Morgan fingerprint density at radius 3 is 2.52 bits per heavy atom. The Morgan fingerprint density at radius 1 is 1.29 bits per heavy atom. The van der Waals surface area contributed by atoms with E-state index in [0.29, 0.717) is 0 Å². The largest absolute Gasteiger partial charge is 0.444 e. The van der Waals surface area contributed by atoms with Crippen LogP contribution in [0.2, 0.25) is 0 Å². The number of amides is 1. The van der Waals surface area contributed by atoms with Gasteiger partial charge in [-0.15, -0.1) is 0 Å². The van der Waals surface area contributed by atoms with Crippen LogP contribution in [0.3, 0.4) is 0 Å². The standard InChI is InChI=1S/C16H25N3O2/c1-12-11-13(19-9-7-17-8-10-19)5-6-14(12)18-15(20)21-16(2,3)4/h5-6,11,17H,7-10H2,1-4H3,(H,18,20). The first-order valence-electron chi connectivity index (χ1n) is 7.41. The molecule has 0 saturated carbocycles. The molecular formula is C16H25N3O2. The van der Waals surface area contributed by atoms with E-state index < -0.39 is 11.7 Å². The third-order valence-electron chi connectivity index (χ3n) is 3.33. The van der Waals surface area contributed by atoms with Crippen molar-refractivity contribution in [2.24, 2.45) is 0 Å².